The lowest BCUT2D eigenvalue weighted by Crippen LogP contribution is -2.39. The lowest BCUT2D eigenvalue weighted by molar-refractivity contribution is -0.122. The van der Waals surface area contributed by atoms with Crippen molar-refractivity contribution in [3.05, 3.63) is 54.4 Å². The molecule has 0 bridgehead atoms. The number of carbonyl (C=O) groups is 1. The second-order valence-electron chi connectivity index (χ2n) is 6.43. The van der Waals surface area contributed by atoms with Crippen molar-refractivity contribution in [1.29, 1.82) is 0 Å². The molecule has 0 unspecified atom stereocenters. The number of amides is 1. The summed E-state index contributed by atoms with van der Waals surface area (Å²) in [6.07, 6.45) is 9.31. The molecule has 5 nitrogen and oxygen atoms in total. The Labute approximate surface area is 149 Å². The zero-order valence-corrected chi connectivity index (χ0v) is 14.8. The maximum absolute atomic E-state index is 11.9. The summed E-state index contributed by atoms with van der Waals surface area (Å²) in [5, 5.41) is 7.45. The van der Waals surface area contributed by atoms with Crippen LogP contribution in [-0.2, 0) is 4.79 Å². The molecule has 1 aliphatic heterocycles. The highest BCUT2D eigenvalue weighted by atomic mass is 16.2. The first-order valence-corrected chi connectivity index (χ1v) is 9.05. The summed E-state index contributed by atoms with van der Waals surface area (Å²) in [5.41, 5.74) is 3.54. The Bertz CT molecular complexity index is 720. The highest BCUT2D eigenvalue weighted by molar-refractivity contribution is 5.78. The van der Waals surface area contributed by atoms with Crippen molar-refractivity contribution >= 4 is 11.5 Å². The second kappa shape index (κ2) is 8.62. The van der Waals surface area contributed by atoms with Crippen molar-refractivity contribution in [3.63, 3.8) is 0 Å². The van der Waals surface area contributed by atoms with Crippen LogP contribution in [0.15, 0.2) is 48.8 Å². The predicted molar refractivity (Wildman–Crippen MR) is 101 cm³/mol. The molecule has 0 atom stereocenters. The molecular formula is C20H26N4O. The van der Waals surface area contributed by atoms with Gasteiger partial charge in [-0.2, -0.15) is 5.10 Å². The van der Waals surface area contributed by atoms with Gasteiger partial charge in [-0.25, -0.2) is 4.68 Å². The van der Waals surface area contributed by atoms with Crippen molar-refractivity contribution in [2.24, 2.45) is 0 Å². The largest absolute Gasteiger partial charge is 0.355 e. The van der Waals surface area contributed by atoms with Crippen molar-refractivity contribution in [1.82, 2.24) is 20.0 Å². The SMILES string of the molecule is CCCCNC(=O)CN1CC=C(c2cnn(-c3ccccc3)c2)CC1. The summed E-state index contributed by atoms with van der Waals surface area (Å²) >= 11 is 0. The Morgan fingerprint density at radius 1 is 1.28 bits per heavy atom. The molecule has 0 radical (unpaired) electrons. The third kappa shape index (κ3) is 4.79. The van der Waals surface area contributed by atoms with E-state index in [1.807, 2.05) is 41.2 Å². The normalized spacial score (nSPS) is 15.0. The van der Waals surface area contributed by atoms with Crippen LogP contribution in [0.3, 0.4) is 0 Å². The van der Waals surface area contributed by atoms with Crippen LogP contribution in [0.2, 0.25) is 0 Å². The smallest absolute Gasteiger partial charge is 0.234 e. The molecule has 0 spiro atoms. The fourth-order valence-electron chi connectivity index (χ4n) is 2.99. The van der Waals surface area contributed by atoms with Gasteiger partial charge in [0.05, 0.1) is 18.4 Å². The van der Waals surface area contributed by atoms with Gasteiger partial charge in [-0.15, -0.1) is 0 Å². The van der Waals surface area contributed by atoms with Crippen LogP contribution in [0.1, 0.15) is 31.7 Å². The molecule has 1 aliphatic rings. The Morgan fingerprint density at radius 2 is 2.12 bits per heavy atom. The minimum Gasteiger partial charge on any atom is -0.355 e. The maximum atomic E-state index is 11.9. The van der Waals surface area contributed by atoms with Crippen LogP contribution in [0.25, 0.3) is 11.3 Å². The molecule has 1 amide bonds. The van der Waals surface area contributed by atoms with Gasteiger partial charge >= 0.3 is 0 Å². The van der Waals surface area contributed by atoms with E-state index in [2.05, 4.69) is 34.5 Å². The number of nitrogens with zero attached hydrogens (tertiary/aromatic N) is 3. The molecule has 2 aromatic rings. The molecule has 0 saturated heterocycles. The van der Waals surface area contributed by atoms with Gasteiger partial charge in [0, 0.05) is 31.4 Å². The number of benzene rings is 1. The van der Waals surface area contributed by atoms with Gasteiger partial charge in [0.15, 0.2) is 0 Å². The zero-order chi connectivity index (χ0) is 17.5. The van der Waals surface area contributed by atoms with Crippen LogP contribution in [0, 0.1) is 0 Å². The average molecular weight is 338 g/mol. The lowest BCUT2D eigenvalue weighted by Gasteiger charge is -2.25. The summed E-state index contributed by atoms with van der Waals surface area (Å²) in [6.45, 7) is 5.11. The minimum atomic E-state index is 0.127. The number of para-hydroxylation sites is 1. The van der Waals surface area contributed by atoms with Crippen molar-refractivity contribution in [3.8, 4) is 5.69 Å². The Morgan fingerprint density at radius 3 is 2.84 bits per heavy atom. The molecule has 0 saturated carbocycles. The highest BCUT2D eigenvalue weighted by Crippen LogP contribution is 2.22. The van der Waals surface area contributed by atoms with Crippen LogP contribution < -0.4 is 5.32 Å². The summed E-state index contributed by atoms with van der Waals surface area (Å²) in [7, 11) is 0. The molecule has 1 aromatic heterocycles. The van der Waals surface area contributed by atoms with Crippen LogP contribution in [0.5, 0.6) is 0 Å². The number of nitrogens with one attached hydrogen (secondary N) is 1. The van der Waals surface area contributed by atoms with E-state index in [0.717, 1.165) is 50.1 Å². The first-order valence-electron chi connectivity index (χ1n) is 9.05. The number of hydrogen-bond acceptors (Lipinski definition) is 3. The van der Waals surface area contributed by atoms with Gasteiger partial charge in [-0.05, 0) is 30.5 Å². The summed E-state index contributed by atoms with van der Waals surface area (Å²) in [6, 6.07) is 10.1. The van der Waals surface area contributed by atoms with E-state index in [9.17, 15) is 4.79 Å². The average Bonchev–Trinajstić information content (AvgIpc) is 3.13. The number of unbranched alkanes of at least 4 members (excludes halogenated alkanes) is 1. The fourth-order valence-corrected chi connectivity index (χ4v) is 2.99. The third-order valence-electron chi connectivity index (χ3n) is 4.49. The van der Waals surface area contributed by atoms with E-state index in [-0.39, 0.29) is 5.91 Å². The molecule has 25 heavy (non-hydrogen) atoms. The number of aromatic nitrogens is 2. The second-order valence-corrected chi connectivity index (χ2v) is 6.43. The molecule has 1 N–H and O–H groups in total. The van der Waals surface area contributed by atoms with Gasteiger partial charge < -0.3 is 5.32 Å². The van der Waals surface area contributed by atoms with E-state index in [1.165, 1.54) is 5.57 Å². The van der Waals surface area contributed by atoms with Gasteiger partial charge in [0.2, 0.25) is 5.91 Å². The fraction of sp³-hybridized carbons (Fsp3) is 0.400. The zero-order valence-electron chi connectivity index (χ0n) is 14.8. The Hall–Kier alpha value is -2.40. The Kier molecular flexibility index (Phi) is 6.01. The standard InChI is InChI=1S/C20H26N4O/c1-2-3-11-21-20(25)16-23-12-9-17(10-13-23)18-14-22-24(15-18)19-7-5-4-6-8-19/h4-9,14-15H,2-3,10-13,16H2,1H3,(H,21,25). The molecule has 3 rings (SSSR count). The number of carbonyl (C=O) groups excluding carboxylic acids is 1. The monoisotopic (exact) mass is 338 g/mol. The summed E-state index contributed by atoms with van der Waals surface area (Å²) in [4.78, 5) is 14.1. The quantitative estimate of drug-likeness (QED) is 0.790. The molecule has 0 aliphatic carbocycles. The van der Waals surface area contributed by atoms with Crippen molar-refractivity contribution in [2.75, 3.05) is 26.2 Å². The van der Waals surface area contributed by atoms with Crippen LogP contribution in [-0.4, -0.2) is 46.8 Å². The number of hydrogen-bond donors (Lipinski definition) is 1. The van der Waals surface area contributed by atoms with Gasteiger partial charge in [0.1, 0.15) is 0 Å². The van der Waals surface area contributed by atoms with Crippen molar-refractivity contribution in [2.45, 2.75) is 26.2 Å². The highest BCUT2D eigenvalue weighted by Gasteiger charge is 2.16. The first-order chi connectivity index (χ1) is 12.3. The van der Waals surface area contributed by atoms with Crippen LogP contribution >= 0.6 is 0 Å². The van der Waals surface area contributed by atoms with E-state index >= 15 is 0 Å². The van der Waals surface area contributed by atoms with Crippen LogP contribution in [0.4, 0.5) is 0 Å². The van der Waals surface area contributed by atoms with Crippen molar-refractivity contribution < 1.29 is 4.79 Å². The summed E-state index contributed by atoms with van der Waals surface area (Å²) < 4.78 is 1.91. The molecule has 5 heteroatoms. The molecule has 132 valence electrons. The van der Waals surface area contributed by atoms with E-state index in [4.69, 9.17) is 0 Å². The predicted octanol–water partition coefficient (Wildman–Crippen LogP) is 2.88. The molecule has 0 fully saturated rings. The lowest BCUT2D eigenvalue weighted by atomic mass is 10.0. The minimum absolute atomic E-state index is 0.127. The Balaban J connectivity index is 1.55. The van der Waals surface area contributed by atoms with E-state index < -0.39 is 0 Å². The van der Waals surface area contributed by atoms with E-state index in [1.54, 1.807) is 0 Å². The molecule has 1 aromatic carbocycles. The first kappa shape index (κ1) is 17.4. The van der Waals surface area contributed by atoms with E-state index in [0.29, 0.717) is 6.54 Å². The maximum Gasteiger partial charge on any atom is 0.234 e. The number of rotatable bonds is 7. The van der Waals surface area contributed by atoms with Gasteiger partial charge in [0.25, 0.3) is 0 Å². The summed E-state index contributed by atoms with van der Waals surface area (Å²) in [5.74, 6) is 0.127. The topological polar surface area (TPSA) is 50.2 Å². The molecular weight excluding hydrogens is 312 g/mol. The third-order valence-corrected chi connectivity index (χ3v) is 4.49. The van der Waals surface area contributed by atoms with Gasteiger partial charge in [-0.1, -0.05) is 37.6 Å². The molecule has 2 heterocycles. The van der Waals surface area contributed by atoms with Gasteiger partial charge in [-0.3, -0.25) is 9.69 Å².